The van der Waals surface area contributed by atoms with Gasteiger partial charge in [-0.3, -0.25) is 9.69 Å². The largest absolute Gasteiger partial charge is 0.467 e. The van der Waals surface area contributed by atoms with Crippen LogP contribution in [0.15, 0.2) is 0 Å². The topological polar surface area (TPSA) is 76.2 Å². The van der Waals surface area contributed by atoms with Gasteiger partial charge in [0.15, 0.2) is 6.04 Å². The maximum absolute atomic E-state index is 12.2. The molecule has 22 heavy (non-hydrogen) atoms. The molecule has 1 saturated heterocycles. The van der Waals surface area contributed by atoms with E-state index in [0.717, 1.165) is 0 Å². The van der Waals surface area contributed by atoms with Crippen LogP contribution >= 0.6 is 0 Å². The van der Waals surface area contributed by atoms with Gasteiger partial charge in [-0.05, 0) is 20.8 Å². The van der Waals surface area contributed by atoms with E-state index < -0.39 is 23.7 Å². The Morgan fingerprint density at radius 2 is 1.73 bits per heavy atom. The van der Waals surface area contributed by atoms with Gasteiger partial charge < -0.3 is 14.4 Å². The van der Waals surface area contributed by atoms with Crippen molar-refractivity contribution in [1.82, 2.24) is 9.80 Å². The predicted octanol–water partition coefficient (Wildman–Crippen LogP) is 1.26. The number of esters is 1. The SMILES string of the molecule is COC(=O)C1CN(C(=O)C(C)C)CCN1C(=O)OC(C)(C)C. The molecule has 7 nitrogen and oxygen atoms in total. The molecular weight excluding hydrogens is 288 g/mol. The van der Waals surface area contributed by atoms with Gasteiger partial charge in [0.2, 0.25) is 5.91 Å². The number of nitrogens with zero attached hydrogens (tertiary/aromatic N) is 2. The molecule has 2 amide bonds. The van der Waals surface area contributed by atoms with E-state index in [1.807, 2.05) is 0 Å². The molecule has 0 aromatic rings. The lowest BCUT2D eigenvalue weighted by Gasteiger charge is -2.40. The number of methoxy groups -OCH3 is 1. The smallest absolute Gasteiger partial charge is 0.411 e. The summed E-state index contributed by atoms with van der Waals surface area (Å²) in [4.78, 5) is 39.2. The second-order valence-corrected chi connectivity index (χ2v) is 6.65. The Bertz CT molecular complexity index is 442. The molecule has 0 spiro atoms. The van der Waals surface area contributed by atoms with Crippen LogP contribution in [0.3, 0.4) is 0 Å². The summed E-state index contributed by atoms with van der Waals surface area (Å²) in [5.74, 6) is -0.753. The van der Waals surface area contributed by atoms with Crippen molar-refractivity contribution in [3.8, 4) is 0 Å². The van der Waals surface area contributed by atoms with Gasteiger partial charge >= 0.3 is 12.1 Å². The molecule has 1 aliphatic rings. The minimum absolute atomic E-state index is 0.0438. The van der Waals surface area contributed by atoms with Crippen LogP contribution in [0.1, 0.15) is 34.6 Å². The summed E-state index contributed by atoms with van der Waals surface area (Å²) in [6.45, 7) is 9.63. The van der Waals surface area contributed by atoms with Crippen LogP contribution in [0.4, 0.5) is 4.79 Å². The molecule has 0 aromatic carbocycles. The van der Waals surface area contributed by atoms with E-state index in [1.54, 1.807) is 39.5 Å². The van der Waals surface area contributed by atoms with Gasteiger partial charge in [-0.1, -0.05) is 13.8 Å². The van der Waals surface area contributed by atoms with Gasteiger partial charge in [0.25, 0.3) is 0 Å². The molecule has 0 N–H and O–H groups in total. The number of amides is 2. The van der Waals surface area contributed by atoms with Crippen LogP contribution < -0.4 is 0 Å². The van der Waals surface area contributed by atoms with Crippen molar-refractivity contribution in [3.63, 3.8) is 0 Å². The van der Waals surface area contributed by atoms with Crippen LogP contribution in [0.2, 0.25) is 0 Å². The van der Waals surface area contributed by atoms with Crippen molar-refractivity contribution in [1.29, 1.82) is 0 Å². The molecule has 1 aliphatic heterocycles. The standard InChI is InChI=1S/C15H26N2O5/c1-10(2)12(18)16-7-8-17(11(9-16)13(19)21-6)14(20)22-15(3,4)5/h10-11H,7-9H2,1-6H3. The Morgan fingerprint density at radius 3 is 2.18 bits per heavy atom. The molecule has 0 bridgehead atoms. The molecule has 1 atom stereocenters. The minimum atomic E-state index is -0.837. The Labute approximate surface area is 131 Å². The molecule has 0 aliphatic carbocycles. The lowest BCUT2D eigenvalue weighted by Crippen LogP contribution is -2.60. The summed E-state index contributed by atoms with van der Waals surface area (Å²) in [5, 5.41) is 0. The zero-order chi connectivity index (χ0) is 17.1. The highest BCUT2D eigenvalue weighted by atomic mass is 16.6. The van der Waals surface area contributed by atoms with E-state index in [9.17, 15) is 14.4 Å². The van der Waals surface area contributed by atoms with Crippen molar-refractivity contribution in [2.24, 2.45) is 5.92 Å². The monoisotopic (exact) mass is 314 g/mol. The van der Waals surface area contributed by atoms with Crippen LogP contribution in [0.5, 0.6) is 0 Å². The van der Waals surface area contributed by atoms with E-state index in [4.69, 9.17) is 9.47 Å². The highest BCUT2D eigenvalue weighted by Crippen LogP contribution is 2.18. The summed E-state index contributed by atoms with van der Waals surface area (Å²) in [6, 6.07) is -0.837. The first-order valence-corrected chi connectivity index (χ1v) is 7.43. The second kappa shape index (κ2) is 6.98. The Morgan fingerprint density at radius 1 is 1.14 bits per heavy atom. The number of hydrogen-bond acceptors (Lipinski definition) is 5. The first-order valence-electron chi connectivity index (χ1n) is 7.43. The van der Waals surface area contributed by atoms with Gasteiger partial charge in [0.05, 0.1) is 13.7 Å². The predicted molar refractivity (Wildman–Crippen MR) is 80.2 cm³/mol. The van der Waals surface area contributed by atoms with Gasteiger partial charge in [-0.15, -0.1) is 0 Å². The molecule has 1 fully saturated rings. The van der Waals surface area contributed by atoms with Crippen molar-refractivity contribution in [3.05, 3.63) is 0 Å². The summed E-state index contributed by atoms with van der Waals surface area (Å²) < 4.78 is 10.1. The van der Waals surface area contributed by atoms with Gasteiger partial charge in [-0.2, -0.15) is 0 Å². The highest BCUT2D eigenvalue weighted by molar-refractivity contribution is 5.84. The zero-order valence-electron chi connectivity index (χ0n) is 14.2. The lowest BCUT2D eigenvalue weighted by atomic mass is 10.1. The fraction of sp³-hybridized carbons (Fsp3) is 0.800. The zero-order valence-corrected chi connectivity index (χ0v) is 14.2. The lowest BCUT2D eigenvalue weighted by molar-refractivity contribution is -0.152. The van der Waals surface area contributed by atoms with Gasteiger partial charge in [-0.25, -0.2) is 9.59 Å². The maximum atomic E-state index is 12.2. The fourth-order valence-corrected chi connectivity index (χ4v) is 2.23. The molecule has 0 saturated carbocycles. The first kappa shape index (κ1) is 18.3. The summed E-state index contributed by atoms with van der Waals surface area (Å²) in [7, 11) is 1.26. The second-order valence-electron chi connectivity index (χ2n) is 6.65. The van der Waals surface area contributed by atoms with E-state index in [0.29, 0.717) is 6.54 Å². The molecule has 1 heterocycles. The van der Waals surface area contributed by atoms with E-state index in [2.05, 4.69) is 0 Å². The van der Waals surface area contributed by atoms with Gasteiger partial charge in [0, 0.05) is 19.0 Å². The summed E-state index contributed by atoms with van der Waals surface area (Å²) in [6.07, 6.45) is -0.570. The van der Waals surface area contributed by atoms with Crippen molar-refractivity contribution in [2.75, 3.05) is 26.7 Å². The Kier molecular flexibility index (Phi) is 5.79. The average molecular weight is 314 g/mol. The third kappa shape index (κ3) is 4.61. The molecule has 0 aromatic heterocycles. The summed E-state index contributed by atoms with van der Waals surface area (Å²) in [5.41, 5.74) is -0.650. The molecule has 0 radical (unpaired) electrons. The third-order valence-corrected chi connectivity index (χ3v) is 3.29. The van der Waals surface area contributed by atoms with E-state index in [1.165, 1.54) is 12.0 Å². The number of carbonyl (C=O) groups is 3. The van der Waals surface area contributed by atoms with Crippen molar-refractivity contribution >= 4 is 18.0 Å². The maximum Gasteiger partial charge on any atom is 0.411 e. The van der Waals surface area contributed by atoms with E-state index >= 15 is 0 Å². The molecule has 7 heteroatoms. The highest BCUT2D eigenvalue weighted by Gasteiger charge is 2.39. The average Bonchev–Trinajstić information content (AvgIpc) is 2.42. The molecule has 1 rings (SSSR count). The number of hydrogen-bond donors (Lipinski definition) is 0. The van der Waals surface area contributed by atoms with Crippen LogP contribution in [-0.2, 0) is 19.1 Å². The molecular formula is C15H26N2O5. The number of ether oxygens (including phenoxy) is 2. The van der Waals surface area contributed by atoms with Gasteiger partial charge in [0.1, 0.15) is 5.60 Å². The molecule has 126 valence electrons. The van der Waals surface area contributed by atoms with Crippen molar-refractivity contribution in [2.45, 2.75) is 46.3 Å². The van der Waals surface area contributed by atoms with Crippen molar-refractivity contribution < 1.29 is 23.9 Å². The van der Waals surface area contributed by atoms with Crippen LogP contribution in [0.25, 0.3) is 0 Å². The van der Waals surface area contributed by atoms with E-state index in [-0.39, 0.29) is 24.9 Å². The number of piperazine rings is 1. The van der Waals surface area contributed by atoms with Crippen LogP contribution in [0, 0.1) is 5.92 Å². The fourth-order valence-electron chi connectivity index (χ4n) is 2.23. The number of rotatable bonds is 2. The Balaban J connectivity index is 2.89. The summed E-state index contributed by atoms with van der Waals surface area (Å²) >= 11 is 0. The Hall–Kier alpha value is -1.79. The normalized spacial score (nSPS) is 19.1. The number of carbonyl (C=O) groups excluding carboxylic acids is 3. The third-order valence-electron chi connectivity index (χ3n) is 3.29. The first-order chi connectivity index (χ1) is 10.1. The van der Waals surface area contributed by atoms with Crippen LogP contribution in [-0.4, -0.2) is 66.2 Å². The molecule has 1 unspecified atom stereocenters. The quantitative estimate of drug-likeness (QED) is 0.717. The minimum Gasteiger partial charge on any atom is -0.467 e.